The maximum Gasteiger partial charge on any atom is 0.223 e. The van der Waals surface area contributed by atoms with Crippen LogP contribution in [0, 0.1) is 17.3 Å². The third-order valence-electron chi connectivity index (χ3n) is 4.34. The fourth-order valence-corrected chi connectivity index (χ4v) is 3.39. The molecule has 98 valence electrons. The lowest BCUT2D eigenvalue weighted by Crippen LogP contribution is -2.48. The van der Waals surface area contributed by atoms with Crippen molar-refractivity contribution in [3.05, 3.63) is 0 Å². The number of hydrogen-bond acceptors (Lipinski definition) is 2. The third-order valence-corrected chi connectivity index (χ3v) is 4.34. The Morgan fingerprint density at radius 3 is 2.53 bits per heavy atom. The standard InChI is InChI=1S/C14H26N2O/c1-13(2,3)6-12(17)16-9-10-7-15-8-11(10)14(16,4)5/h10-11,15H,6-9H2,1-5H3. The van der Waals surface area contributed by atoms with E-state index in [1.807, 2.05) is 0 Å². The highest BCUT2D eigenvalue weighted by molar-refractivity contribution is 5.78. The first-order valence-electron chi connectivity index (χ1n) is 6.73. The molecule has 0 radical (unpaired) electrons. The molecule has 3 heteroatoms. The number of rotatable bonds is 1. The van der Waals surface area contributed by atoms with Gasteiger partial charge in [-0.2, -0.15) is 0 Å². The zero-order valence-electron chi connectivity index (χ0n) is 11.8. The Kier molecular flexibility index (Phi) is 3.01. The zero-order valence-corrected chi connectivity index (χ0v) is 11.8. The van der Waals surface area contributed by atoms with Crippen LogP contribution in [0.1, 0.15) is 41.0 Å². The van der Waals surface area contributed by atoms with Crippen molar-refractivity contribution in [3.8, 4) is 0 Å². The molecule has 2 rings (SSSR count). The molecule has 2 atom stereocenters. The molecule has 0 spiro atoms. The molecule has 0 aliphatic carbocycles. The smallest absolute Gasteiger partial charge is 0.223 e. The lowest BCUT2D eigenvalue weighted by atomic mass is 9.84. The van der Waals surface area contributed by atoms with Crippen LogP contribution in [0.2, 0.25) is 0 Å². The summed E-state index contributed by atoms with van der Waals surface area (Å²) < 4.78 is 0. The first kappa shape index (κ1) is 12.9. The van der Waals surface area contributed by atoms with E-state index in [2.05, 4.69) is 44.8 Å². The van der Waals surface area contributed by atoms with Crippen LogP contribution < -0.4 is 5.32 Å². The van der Waals surface area contributed by atoms with E-state index in [9.17, 15) is 4.79 Å². The Labute approximate surface area is 105 Å². The number of nitrogens with zero attached hydrogens (tertiary/aromatic N) is 1. The summed E-state index contributed by atoms with van der Waals surface area (Å²) >= 11 is 0. The number of carbonyl (C=O) groups excluding carboxylic acids is 1. The summed E-state index contributed by atoms with van der Waals surface area (Å²) in [7, 11) is 0. The zero-order chi connectivity index (χ0) is 12.8. The van der Waals surface area contributed by atoms with Gasteiger partial charge in [0.2, 0.25) is 5.91 Å². The molecule has 2 fully saturated rings. The summed E-state index contributed by atoms with van der Waals surface area (Å²) in [4.78, 5) is 14.5. The van der Waals surface area contributed by atoms with Crippen molar-refractivity contribution in [2.75, 3.05) is 19.6 Å². The minimum Gasteiger partial charge on any atom is -0.337 e. The fraction of sp³-hybridized carbons (Fsp3) is 0.929. The van der Waals surface area contributed by atoms with Crippen molar-refractivity contribution >= 4 is 5.91 Å². The molecule has 1 N–H and O–H groups in total. The van der Waals surface area contributed by atoms with Crippen molar-refractivity contribution < 1.29 is 4.79 Å². The largest absolute Gasteiger partial charge is 0.337 e. The molecule has 2 saturated heterocycles. The first-order valence-corrected chi connectivity index (χ1v) is 6.73. The van der Waals surface area contributed by atoms with E-state index in [0.29, 0.717) is 24.2 Å². The minimum atomic E-state index is 0.0243. The normalized spacial score (nSPS) is 31.7. The molecule has 0 saturated carbocycles. The summed E-state index contributed by atoms with van der Waals surface area (Å²) in [5.74, 6) is 1.62. The van der Waals surface area contributed by atoms with Gasteiger partial charge in [-0.25, -0.2) is 0 Å². The molecule has 0 aromatic heterocycles. The summed E-state index contributed by atoms with van der Waals surface area (Å²) in [6.07, 6.45) is 0.656. The predicted molar refractivity (Wildman–Crippen MR) is 69.7 cm³/mol. The topological polar surface area (TPSA) is 32.3 Å². The number of hydrogen-bond donors (Lipinski definition) is 1. The molecule has 3 nitrogen and oxygen atoms in total. The van der Waals surface area contributed by atoms with Gasteiger partial charge in [-0.15, -0.1) is 0 Å². The summed E-state index contributed by atoms with van der Waals surface area (Å²) in [6.45, 7) is 13.9. The molecular formula is C14H26N2O. The molecule has 2 unspecified atom stereocenters. The SMILES string of the molecule is CC(C)(C)CC(=O)N1CC2CNCC2C1(C)C. The molecule has 0 bridgehead atoms. The Morgan fingerprint density at radius 2 is 2.00 bits per heavy atom. The van der Waals surface area contributed by atoms with Crippen molar-refractivity contribution in [1.29, 1.82) is 0 Å². The van der Waals surface area contributed by atoms with E-state index in [4.69, 9.17) is 0 Å². The molecular weight excluding hydrogens is 212 g/mol. The molecule has 0 aromatic carbocycles. The highest BCUT2D eigenvalue weighted by Crippen LogP contribution is 2.41. The quantitative estimate of drug-likeness (QED) is 0.756. The molecule has 2 aliphatic heterocycles. The van der Waals surface area contributed by atoms with Gasteiger partial charge in [0.25, 0.3) is 0 Å². The van der Waals surface area contributed by atoms with Crippen LogP contribution in [0.25, 0.3) is 0 Å². The Morgan fingerprint density at radius 1 is 1.35 bits per heavy atom. The van der Waals surface area contributed by atoms with E-state index in [0.717, 1.165) is 19.6 Å². The second-order valence-corrected chi connectivity index (χ2v) is 7.42. The van der Waals surface area contributed by atoms with Gasteiger partial charge >= 0.3 is 0 Å². The maximum atomic E-state index is 12.4. The van der Waals surface area contributed by atoms with Gasteiger partial charge < -0.3 is 10.2 Å². The average molecular weight is 238 g/mol. The van der Waals surface area contributed by atoms with E-state index >= 15 is 0 Å². The highest BCUT2D eigenvalue weighted by Gasteiger charge is 2.51. The van der Waals surface area contributed by atoms with Crippen LogP contribution in [0.15, 0.2) is 0 Å². The first-order chi connectivity index (χ1) is 7.72. The summed E-state index contributed by atoms with van der Waals surface area (Å²) in [6, 6.07) is 0. The second kappa shape index (κ2) is 3.98. The van der Waals surface area contributed by atoms with Crippen LogP contribution in [0.3, 0.4) is 0 Å². The van der Waals surface area contributed by atoms with Crippen molar-refractivity contribution in [1.82, 2.24) is 10.2 Å². The van der Waals surface area contributed by atoms with Gasteiger partial charge in [0.05, 0.1) is 0 Å². The van der Waals surface area contributed by atoms with Gasteiger partial charge in [0.15, 0.2) is 0 Å². The number of nitrogens with one attached hydrogen (secondary N) is 1. The van der Waals surface area contributed by atoms with Crippen LogP contribution >= 0.6 is 0 Å². The van der Waals surface area contributed by atoms with E-state index < -0.39 is 0 Å². The van der Waals surface area contributed by atoms with Crippen LogP contribution in [0.5, 0.6) is 0 Å². The lowest BCUT2D eigenvalue weighted by Gasteiger charge is -2.37. The Balaban J connectivity index is 2.10. The Bertz CT molecular complexity index is 317. The maximum absolute atomic E-state index is 12.4. The number of carbonyl (C=O) groups is 1. The van der Waals surface area contributed by atoms with Crippen LogP contribution in [-0.2, 0) is 4.79 Å². The van der Waals surface area contributed by atoms with Crippen molar-refractivity contribution in [2.45, 2.75) is 46.6 Å². The highest BCUT2D eigenvalue weighted by atomic mass is 16.2. The molecule has 17 heavy (non-hydrogen) atoms. The van der Waals surface area contributed by atoms with Gasteiger partial charge in [-0.1, -0.05) is 20.8 Å². The second-order valence-electron chi connectivity index (χ2n) is 7.42. The number of amides is 1. The predicted octanol–water partition coefficient (Wildman–Crippen LogP) is 1.88. The van der Waals surface area contributed by atoms with E-state index in [1.54, 1.807) is 0 Å². The van der Waals surface area contributed by atoms with Crippen LogP contribution in [-0.4, -0.2) is 36.0 Å². The van der Waals surface area contributed by atoms with Crippen LogP contribution in [0.4, 0.5) is 0 Å². The summed E-state index contributed by atoms with van der Waals surface area (Å²) in [5, 5.41) is 3.45. The third kappa shape index (κ3) is 2.35. The molecule has 2 heterocycles. The summed E-state index contributed by atoms with van der Waals surface area (Å²) in [5.41, 5.74) is 0.111. The molecule has 2 aliphatic rings. The molecule has 0 aromatic rings. The monoisotopic (exact) mass is 238 g/mol. The number of likely N-dealkylation sites (tertiary alicyclic amines) is 1. The van der Waals surface area contributed by atoms with Crippen molar-refractivity contribution in [2.24, 2.45) is 17.3 Å². The molecule has 1 amide bonds. The van der Waals surface area contributed by atoms with Gasteiger partial charge in [-0.3, -0.25) is 4.79 Å². The fourth-order valence-electron chi connectivity index (χ4n) is 3.39. The minimum absolute atomic E-state index is 0.0243. The van der Waals surface area contributed by atoms with Gasteiger partial charge in [0, 0.05) is 31.6 Å². The number of fused-ring (bicyclic) bond motifs is 1. The van der Waals surface area contributed by atoms with Gasteiger partial charge in [0.1, 0.15) is 0 Å². The van der Waals surface area contributed by atoms with Gasteiger partial charge in [-0.05, 0) is 31.1 Å². The lowest BCUT2D eigenvalue weighted by molar-refractivity contribution is -0.137. The average Bonchev–Trinajstić information content (AvgIpc) is 2.65. The van der Waals surface area contributed by atoms with Crippen molar-refractivity contribution in [3.63, 3.8) is 0 Å². The Hall–Kier alpha value is -0.570. The van der Waals surface area contributed by atoms with E-state index in [-0.39, 0.29) is 11.0 Å². The van der Waals surface area contributed by atoms with E-state index in [1.165, 1.54) is 0 Å².